The number of primary amides is 1. The van der Waals surface area contributed by atoms with Gasteiger partial charge in [0.15, 0.2) is 5.96 Å². The molecule has 1 aliphatic heterocycles. The number of phenols is 2. The van der Waals surface area contributed by atoms with E-state index >= 15 is 33.6 Å². The highest BCUT2D eigenvalue weighted by Gasteiger charge is 2.41. The summed E-state index contributed by atoms with van der Waals surface area (Å²) in [6.45, 7) is 13.9. The van der Waals surface area contributed by atoms with Crippen molar-refractivity contribution < 1.29 is 92.3 Å². The van der Waals surface area contributed by atoms with E-state index < -0.39 is 197 Å². The van der Waals surface area contributed by atoms with Gasteiger partial charge in [0.2, 0.25) is 82.7 Å². The molecule has 0 saturated carbocycles. The maximum Gasteiger partial charge on any atom is 0.303 e. The van der Waals surface area contributed by atoms with Crippen molar-refractivity contribution in [1.82, 2.24) is 89.1 Å². The number of carbonyl (C=O) groups excluding carboxylic acids is 14. The minimum absolute atomic E-state index is 0.100. The molecule has 40 nitrogen and oxygen atoms in total. The molecule has 8 rings (SSSR count). The van der Waals surface area contributed by atoms with Gasteiger partial charge in [-0.2, -0.15) is 23.5 Å². The number of benzene rings is 4. The molecule has 25 N–H and O–H groups in total. The van der Waals surface area contributed by atoms with Gasteiger partial charge in [-0.25, -0.2) is 9.97 Å². The Balaban J connectivity index is 1.19. The number of carboxylic acid groups (broad SMARTS) is 1. The van der Waals surface area contributed by atoms with Gasteiger partial charge in [-0.05, 0) is 126 Å². The van der Waals surface area contributed by atoms with Gasteiger partial charge in [0.05, 0.1) is 12.4 Å². The second-order valence-electron chi connectivity index (χ2n) is 33.8. The Kier molecular flexibility index (Phi) is 39.3. The summed E-state index contributed by atoms with van der Waals surface area (Å²) in [7, 11) is 0. The van der Waals surface area contributed by atoms with E-state index in [-0.39, 0.29) is 98.3 Å². The summed E-state index contributed by atoms with van der Waals surface area (Å²) < 4.78 is 0. The highest BCUT2D eigenvalue weighted by atomic mass is 32.2. The monoisotopic (exact) mass is 1860 g/mol. The van der Waals surface area contributed by atoms with Crippen molar-refractivity contribution in [2.24, 2.45) is 22.8 Å². The fourth-order valence-corrected chi connectivity index (χ4v) is 16.4. The summed E-state index contributed by atoms with van der Waals surface area (Å²) in [6.07, 6.45) is 1.19. The smallest absolute Gasteiger partial charge is 0.303 e. The predicted octanol–water partition coefficient (Wildman–Crippen LogP) is 1.05. The molecule has 0 aliphatic carbocycles. The zero-order valence-electron chi connectivity index (χ0n) is 74.7. The molecule has 0 saturated heterocycles. The molecular formula is C90H119N21O19S2. The molecule has 3 aromatic heterocycles. The number of carboxylic acids is 1. The number of H-pyrrole nitrogens is 2. The topological polar surface area (TPSA) is 639 Å². The lowest BCUT2D eigenvalue weighted by atomic mass is 9.85. The van der Waals surface area contributed by atoms with Crippen molar-refractivity contribution in [2.75, 3.05) is 16.8 Å². The standard InChI is InChI=1S/C90H119N21O19S2/c1-10-14-62-79(121)110-73(48(5)112)87(129)108-70(75(91)118)44-131-42-53-15-12-16-54(34-53)43-132-45-71(109-81(123)65(98-49(6)113)35-50-18-24-56(25-19-50)99-89(92)93)86(128)111-74(90(7,8)9)88(130)107-67(37-52-22-28-59(115)29-23-52)83(125)106-69(39-57-41-94-46-97-57)85(127)100-61(11-2)77(119)105-68(38-55-40-96-76-60(55)17-13-32-95-76)84(126)103-64(33-47(3)4)80(122)102-63(30-31-72(116)117)78(120)104-66(82(124)101-62)36-51-20-26-58(114)27-21-51/h12-13,15-29,32,34,40-41,46-48,61-71,73-74,112,114-115H,10-11,14,30-31,33,35-39,42-45H2,1-9H3,(H2,91,118)(H,94,97)(H,95,96)(H,98,113)(H,100,127)(H,101,124)(H,102,122)(H,103,126)(H,104,120)(H,105,119)(H,106,125)(H,107,130)(H,108,129)(H,109,123)(H,110,121)(H,111,128)(H,116,117)(H4,92,93,99)/t48-,61+,62+,63+,64+,65+,66+,67+,68+,69+,70+,71+,73+,74?/m1/s1. The maximum absolute atomic E-state index is 15.4. The summed E-state index contributed by atoms with van der Waals surface area (Å²) in [5.74, 6) is -15.7. The molecule has 2 bridgehead atoms. The average molecular weight is 1860 g/mol. The Labute approximate surface area is 771 Å². The molecule has 14 amide bonds. The number of aromatic nitrogens is 4. The number of aliphatic carboxylic acids is 1. The van der Waals surface area contributed by atoms with Gasteiger partial charge in [0.1, 0.15) is 95.7 Å². The number of guanidine groups is 1. The molecule has 710 valence electrons. The zero-order chi connectivity index (χ0) is 96.6. The number of anilines is 1. The fraction of sp³-hybridized carbons (Fsp3) is 0.444. The lowest BCUT2D eigenvalue weighted by molar-refractivity contribution is -0.139. The van der Waals surface area contributed by atoms with Crippen LogP contribution in [0.3, 0.4) is 0 Å². The van der Waals surface area contributed by atoms with Crippen LogP contribution in [0.4, 0.5) is 5.69 Å². The molecule has 4 heterocycles. The number of hydrogen-bond donors (Lipinski definition) is 23. The highest BCUT2D eigenvalue weighted by molar-refractivity contribution is 7.98. The van der Waals surface area contributed by atoms with Crippen LogP contribution >= 0.6 is 23.5 Å². The van der Waals surface area contributed by atoms with Crippen molar-refractivity contribution in [3.8, 4) is 11.5 Å². The second kappa shape index (κ2) is 49.9. The van der Waals surface area contributed by atoms with Crippen molar-refractivity contribution in [3.05, 3.63) is 173 Å². The van der Waals surface area contributed by atoms with Crippen LogP contribution in [-0.4, -0.2) is 231 Å². The number of aliphatic hydroxyl groups excluding tert-OH is 1. The Morgan fingerprint density at radius 3 is 1.60 bits per heavy atom. The first-order chi connectivity index (χ1) is 62.6. The molecule has 4 aromatic carbocycles. The molecule has 14 atom stereocenters. The zero-order valence-corrected chi connectivity index (χ0v) is 76.4. The van der Waals surface area contributed by atoms with E-state index in [9.17, 15) is 58.8 Å². The minimum Gasteiger partial charge on any atom is -0.508 e. The number of phenolic OH excluding ortho intramolecular Hbond substituents is 2. The summed E-state index contributed by atoms with van der Waals surface area (Å²) in [6, 6.07) is 7.76. The largest absolute Gasteiger partial charge is 0.508 e. The van der Waals surface area contributed by atoms with Crippen molar-refractivity contribution in [3.63, 3.8) is 0 Å². The maximum atomic E-state index is 15.4. The van der Waals surface area contributed by atoms with Gasteiger partial charge in [-0.3, -0.25) is 77.3 Å². The van der Waals surface area contributed by atoms with E-state index in [1.54, 1.807) is 109 Å². The van der Waals surface area contributed by atoms with E-state index in [0.717, 1.165) is 0 Å². The molecule has 0 fully saturated rings. The first-order valence-electron chi connectivity index (χ1n) is 43.1. The van der Waals surface area contributed by atoms with E-state index in [1.165, 1.54) is 105 Å². The normalized spacial score (nSPS) is 22.2. The Hall–Kier alpha value is -13.6. The number of fused-ring (bicyclic) bond motifs is 3. The van der Waals surface area contributed by atoms with Gasteiger partial charge in [-0.1, -0.05) is 116 Å². The van der Waals surface area contributed by atoms with Gasteiger partial charge in [0, 0.05) is 104 Å². The van der Waals surface area contributed by atoms with E-state index in [1.807, 2.05) is 6.07 Å². The van der Waals surface area contributed by atoms with Gasteiger partial charge in [-0.15, -0.1) is 0 Å². The van der Waals surface area contributed by atoms with Gasteiger partial charge < -0.3 is 116 Å². The molecular weight excluding hydrogens is 1740 g/mol. The third-order valence-corrected chi connectivity index (χ3v) is 23.5. The van der Waals surface area contributed by atoms with Crippen LogP contribution in [0, 0.1) is 16.7 Å². The predicted molar refractivity (Wildman–Crippen MR) is 493 cm³/mol. The summed E-state index contributed by atoms with van der Waals surface area (Å²) in [5.41, 5.74) is 14.5. The number of aromatic hydroxyl groups is 2. The van der Waals surface area contributed by atoms with E-state index in [0.29, 0.717) is 55.8 Å². The Bertz CT molecular complexity index is 5190. The van der Waals surface area contributed by atoms with Crippen LogP contribution in [0.25, 0.3) is 11.0 Å². The first kappa shape index (κ1) is 104. The fourth-order valence-electron chi connectivity index (χ4n) is 14.4. The number of thioether (sulfide) groups is 2. The van der Waals surface area contributed by atoms with E-state index in [4.69, 9.17) is 16.9 Å². The number of aliphatic hydroxyl groups is 1. The molecule has 7 aromatic rings. The number of rotatable bonds is 24. The quantitative estimate of drug-likeness (QED) is 0.0297. The van der Waals surface area contributed by atoms with Gasteiger partial charge >= 0.3 is 5.97 Å². The summed E-state index contributed by atoms with van der Waals surface area (Å²) >= 11 is 2.36. The third kappa shape index (κ3) is 32.8. The molecule has 1 aliphatic rings. The van der Waals surface area contributed by atoms with Crippen molar-refractivity contribution in [2.45, 2.75) is 229 Å². The molecule has 0 spiro atoms. The van der Waals surface area contributed by atoms with Crippen LogP contribution in [0.1, 0.15) is 140 Å². The number of pyridine rings is 1. The molecule has 42 heteroatoms. The minimum atomic E-state index is -1.78. The highest BCUT2D eigenvalue weighted by Crippen LogP contribution is 2.26. The lowest BCUT2D eigenvalue weighted by Gasteiger charge is -2.33. The second-order valence-corrected chi connectivity index (χ2v) is 35.9. The molecule has 132 heavy (non-hydrogen) atoms. The van der Waals surface area contributed by atoms with Crippen molar-refractivity contribution >= 4 is 135 Å². The van der Waals surface area contributed by atoms with E-state index in [2.05, 4.69) is 94.4 Å². The SMILES string of the molecule is CCC[C@@H]1NC(=O)[C@H](Cc2ccc(O)cc2)NC(=O)[C@H](CCC(=O)O)NC(=O)[C@H](CC(C)C)NC(=O)[C@H](Cc2c[nH]c3ncccc23)NC(=O)[C@H](CC)NC(=O)[C@H](Cc2cnc[nH]2)NC(=O)[C@H](Cc2ccc(O)cc2)NC(=O)C(C(C)(C)C)NC(=O)[C@@H](NC(=O)[C@H](Cc2ccc(NC(=N)N)cc2)NC(C)=O)CSCc2cccc(c2)CSC[C@@H](C(N)=O)NC(=O)[C@H]([C@@H](C)O)NC1=O. The number of nitrogens with one attached hydrogen (secondary N) is 17. The van der Waals surface area contributed by atoms with Crippen LogP contribution in [-0.2, 0) is 116 Å². The van der Waals surface area contributed by atoms with Crippen LogP contribution in [0.5, 0.6) is 11.5 Å². The average Bonchev–Trinajstić information content (AvgIpc) is 1.63. The van der Waals surface area contributed by atoms with Crippen LogP contribution < -0.4 is 85.9 Å². The summed E-state index contributed by atoms with van der Waals surface area (Å²) in [5, 5.41) is 87.4. The number of imidazole rings is 1. The Morgan fingerprint density at radius 2 is 1.08 bits per heavy atom. The van der Waals surface area contributed by atoms with Crippen LogP contribution in [0.2, 0.25) is 0 Å². The number of aromatic amines is 2. The number of nitrogens with zero attached hydrogens (tertiary/aromatic N) is 2. The molecule has 0 radical (unpaired) electrons. The van der Waals surface area contributed by atoms with Gasteiger partial charge in [0.25, 0.3) is 0 Å². The summed E-state index contributed by atoms with van der Waals surface area (Å²) in [4.78, 5) is 233. The van der Waals surface area contributed by atoms with Crippen LogP contribution in [0.15, 0.2) is 134 Å². The lowest BCUT2D eigenvalue weighted by Crippen LogP contribution is -2.63. The third-order valence-electron chi connectivity index (χ3n) is 21.3. The molecule has 1 unspecified atom stereocenters. The number of carbonyl (C=O) groups is 15. The Morgan fingerprint density at radius 1 is 0.568 bits per heavy atom. The number of hydrogen-bond acceptors (Lipinski definition) is 23. The number of amides is 14. The number of nitrogens with two attached hydrogens (primary N) is 2. The van der Waals surface area contributed by atoms with Crippen molar-refractivity contribution in [1.29, 1.82) is 5.41 Å². The first-order valence-corrected chi connectivity index (χ1v) is 45.4.